The van der Waals surface area contributed by atoms with Crippen molar-refractivity contribution < 1.29 is 26.5 Å². The number of amides is 1. The van der Waals surface area contributed by atoms with Crippen molar-refractivity contribution in [2.24, 2.45) is 0 Å². The summed E-state index contributed by atoms with van der Waals surface area (Å²) in [5.74, 6) is 0.0665. The number of nitrogens with zero attached hydrogens (tertiary/aromatic N) is 1. The average Bonchev–Trinajstić information content (AvgIpc) is 3.12. The summed E-state index contributed by atoms with van der Waals surface area (Å²) in [6, 6.07) is 9.87. The summed E-state index contributed by atoms with van der Waals surface area (Å²) < 4.78 is 38.4. The molecule has 1 aromatic heterocycles. The van der Waals surface area contributed by atoms with Crippen LogP contribution < -0.4 is 4.18 Å². The van der Waals surface area contributed by atoms with Crippen molar-refractivity contribution in [3.63, 3.8) is 0 Å². The molecule has 7 nitrogen and oxygen atoms in total. The standard InChI is InChI=1S/C17H21NO6S/c1-3-25(20,21)24-15-7-4-6-14(12-15)13-18(9-11-22-2)17(19)16-8-5-10-23-16/h4-8,10,12H,3,9,11,13H2,1-2H3. The van der Waals surface area contributed by atoms with E-state index in [1.807, 2.05) is 0 Å². The van der Waals surface area contributed by atoms with Crippen LogP contribution in [0.2, 0.25) is 0 Å². The van der Waals surface area contributed by atoms with E-state index < -0.39 is 10.1 Å². The topological polar surface area (TPSA) is 86.0 Å². The van der Waals surface area contributed by atoms with Crippen molar-refractivity contribution in [1.29, 1.82) is 0 Å². The van der Waals surface area contributed by atoms with E-state index in [1.54, 1.807) is 48.4 Å². The van der Waals surface area contributed by atoms with Crippen molar-refractivity contribution >= 4 is 16.0 Å². The number of furan rings is 1. The van der Waals surface area contributed by atoms with E-state index in [0.717, 1.165) is 5.56 Å². The Morgan fingerprint density at radius 3 is 2.68 bits per heavy atom. The summed E-state index contributed by atoms with van der Waals surface area (Å²) in [5.41, 5.74) is 0.736. The molecular formula is C17H21NO6S. The van der Waals surface area contributed by atoms with Crippen molar-refractivity contribution in [2.45, 2.75) is 13.5 Å². The van der Waals surface area contributed by atoms with Gasteiger partial charge in [-0.15, -0.1) is 0 Å². The lowest BCUT2D eigenvalue weighted by Gasteiger charge is -2.21. The molecule has 25 heavy (non-hydrogen) atoms. The molecule has 0 spiro atoms. The number of carbonyl (C=O) groups is 1. The molecule has 0 unspecified atom stereocenters. The fourth-order valence-electron chi connectivity index (χ4n) is 2.13. The molecule has 0 radical (unpaired) electrons. The summed E-state index contributed by atoms with van der Waals surface area (Å²) >= 11 is 0. The van der Waals surface area contributed by atoms with Gasteiger partial charge in [-0.2, -0.15) is 8.42 Å². The summed E-state index contributed by atoms with van der Waals surface area (Å²) in [6.07, 6.45) is 1.44. The minimum Gasteiger partial charge on any atom is -0.459 e. The molecule has 0 aliphatic rings. The highest BCUT2D eigenvalue weighted by atomic mass is 32.2. The molecule has 1 heterocycles. The lowest BCUT2D eigenvalue weighted by atomic mass is 10.2. The minimum atomic E-state index is -3.60. The van der Waals surface area contributed by atoms with Gasteiger partial charge in [0.2, 0.25) is 0 Å². The molecule has 0 bridgehead atoms. The maximum Gasteiger partial charge on any atom is 0.308 e. The van der Waals surface area contributed by atoms with Gasteiger partial charge in [0.15, 0.2) is 5.76 Å². The molecule has 0 saturated carbocycles. The summed E-state index contributed by atoms with van der Waals surface area (Å²) in [4.78, 5) is 14.1. The van der Waals surface area contributed by atoms with Crippen LogP contribution in [0.25, 0.3) is 0 Å². The largest absolute Gasteiger partial charge is 0.459 e. The van der Waals surface area contributed by atoms with Crippen LogP contribution in [0.15, 0.2) is 47.1 Å². The van der Waals surface area contributed by atoms with Crippen molar-refractivity contribution in [2.75, 3.05) is 26.0 Å². The molecule has 1 aromatic carbocycles. The molecule has 2 rings (SSSR count). The predicted octanol–water partition coefficient (Wildman–Crippen LogP) is 2.30. The Kier molecular flexibility index (Phi) is 6.60. The fraction of sp³-hybridized carbons (Fsp3) is 0.353. The van der Waals surface area contributed by atoms with E-state index in [4.69, 9.17) is 13.3 Å². The molecule has 0 aliphatic carbocycles. The second-order valence-electron chi connectivity index (χ2n) is 5.27. The third-order valence-corrected chi connectivity index (χ3v) is 4.59. The maximum absolute atomic E-state index is 12.5. The van der Waals surface area contributed by atoms with E-state index >= 15 is 0 Å². The second kappa shape index (κ2) is 8.68. The molecule has 8 heteroatoms. The Labute approximate surface area is 147 Å². The first-order chi connectivity index (χ1) is 11.9. The van der Waals surface area contributed by atoms with Gasteiger partial charge in [0, 0.05) is 20.2 Å². The maximum atomic E-state index is 12.5. The minimum absolute atomic E-state index is 0.117. The molecule has 0 atom stereocenters. The second-order valence-corrected chi connectivity index (χ2v) is 7.13. The van der Waals surface area contributed by atoms with Gasteiger partial charge in [0.05, 0.1) is 18.6 Å². The smallest absolute Gasteiger partial charge is 0.308 e. The SMILES string of the molecule is CCS(=O)(=O)Oc1cccc(CN(CCOC)C(=O)c2ccco2)c1. The average molecular weight is 367 g/mol. The van der Waals surface area contributed by atoms with Gasteiger partial charge in [-0.1, -0.05) is 12.1 Å². The van der Waals surface area contributed by atoms with Gasteiger partial charge in [0.25, 0.3) is 5.91 Å². The lowest BCUT2D eigenvalue weighted by molar-refractivity contribution is 0.0649. The molecule has 136 valence electrons. The van der Waals surface area contributed by atoms with E-state index in [1.165, 1.54) is 13.2 Å². The first-order valence-electron chi connectivity index (χ1n) is 7.78. The Morgan fingerprint density at radius 1 is 1.24 bits per heavy atom. The van der Waals surface area contributed by atoms with Crippen LogP contribution in [0.5, 0.6) is 5.75 Å². The van der Waals surface area contributed by atoms with Gasteiger partial charge >= 0.3 is 10.1 Å². The number of rotatable bonds is 9. The van der Waals surface area contributed by atoms with Gasteiger partial charge < -0.3 is 18.2 Å². The molecule has 0 saturated heterocycles. The Bertz CT molecular complexity index is 785. The molecule has 0 fully saturated rings. The number of hydrogen-bond donors (Lipinski definition) is 0. The molecule has 0 aliphatic heterocycles. The van der Waals surface area contributed by atoms with Crippen LogP contribution >= 0.6 is 0 Å². The number of benzene rings is 1. The molecule has 1 amide bonds. The van der Waals surface area contributed by atoms with Crippen LogP contribution in [0, 0.1) is 0 Å². The van der Waals surface area contributed by atoms with Crippen molar-refractivity contribution in [3.05, 3.63) is 54.0 Å². The number of hydrogen-bond acceptors (Lipinski definition) is 6. The van der Waals surface area contributed by atoms with E-state index in [-0.39, 0.29) is 29.7 Å². The van der Waals surface area contributed by atoms with E-state index in [2.05, 4.69) is 0 Å². The zero-order valence-corrected chi connectivity index (χ0v) is 15.0. The number of methoxy groups -OCH3 is 1. The quantitative estimate of drug-likeness (QED) is 0.632. The van der Waals surface area contributed by atoms with E-state index in [9.17, 15) is 13.2 Å². The summed E-state index contributed by atoms with van der Waals surface area (Å²) in [7, 11) is -2.04. The van der Waals surface area contributed by atoms with Crippen molar-refractivity contribution in [1.82, 2.24) is 4.90 Å². The molecule has 0 N–H and O–H groups in total. The monoisotopic (exact) mass is 367 g/mol. The zero-order valence-electron chi connectivity index (χ0n) is 14.2. The highest BCUT2D eigenvalue weighted by Gasteiger charge is 2.19. The molecule has 2 aromatic rings. The van der Waals surface area contributed by atoms with Gasteiger partial charge in [-0.3, -0.25) is 4.79 Å². The summed E-state index contributed by atoms with van der Waals surface area (Å²) in [5, 5.41) is 0. The Balaban J connectivity index is 2.16. The van der Waals surface area contributed by atoms with Crippen LogP contribution in [0.4, 0.5) is 0 Å². The van der Waals surface area contributed by atoms with Gasteiger partial charge in [-0.05, 0) is 36.8 Å². The van der Waals surface area contributed by atoms with Gasteiger partial charge in [0.1, 0.15) is 5.75 Å². The van der Waals surface area contributed by atoms with Crippen LogP contribution in [-0.4, -0.2) is 45.2 Å². The first kappa shape index (κ1) is 19.0. The first-order valence-corrected chi connectivity index (χ1v) is 9.35. The third kappa shape index (κ3) is 5.61. The zero-order chi connectivity index (χ0) is 18.3. The number of carbonyl (C=O) groups excluding carboxylic acids is 1. The van der Waals surface area contributed by atoms with Crippen molar-refractivity contribution in [3.8, 4) is 5.75 Å². The lowest BCUT2D eigenvalue weighted by Crippen LogP contribution is -2.33. The van der Waals surface area contributed by atoms with E-state index in [0.29, 0.717) is 13.2 Å². The predicted molar refractivity (Wildman–Crippen MR) is 91.9 cm³/mol. The Hall–Kier alpha value is -2.32. The third-order valence-electron chi connectivity index (χ3n) is 3.43. The highest BCUT2D eigenvalue weighted by Crippen LogP contribution is 2.18. The van der Waals surface area contributed by atoms with Crippen LogP contribution in [0.3, 0.4) is 0 Å². The fourth-order valence-corrected chi connectivity index (χ4v) is 2.65. The van der Waals surface area contributed by atoms with Gasteiger partial charge in [-0.25, -0.2) is 0 Å². The number of ether oxygens (including phenoxy) is 1. The normalized spacial score (nSPS) is 11.3. The highest BCUT2D eigenvalue weighted by molar-refractivity contribution is 7.87. The van der Waals surface area contributed by atoms with Crippen LogP contribution in [0.1, 0.15) is 23.0 Å². The summed E-state index contributed by atoms with van der Waals surface area (Å²) in [6.45, 7) is 2.52. The Morgan fingerprint density at radius 2 is 2.04 bits per heavy atom. The molecular weight excluding hydrogens is 346 g/mol. The van der Waals surface area contributed by atoms with Crippen LogP contribution in [-0.2, 0) is 21.4 Å².